The van der Waals surface area contributed by atoms with Crippen molar-refractivity contribution in [1.29, 1.82) is 0 Å². The molecule has 3 aromatic rings. The third-order valence-corrected chi connectivity index (χ3v) is 6.93. The lowest BCUT2D eigenvalue weighted by molar-refractivity contribution is 0.0908. The predicted molar refractivity (Wildman–Crippen MR) is 133 cm³/mol. The highest BCUT2D eigenvalue weighted by Crippen LogP contribution is 2.23. The summed E-state index contributed by atoms with van der Waals surface area (Å²) < 4.78 is 13.2. The molecule has 0 bridgehead atoms. The number of benzene rings is 2. The number of pyridine rings is 1. The van der Waals surface area contributed by atoms with Gasteiger partial charge in [0.1, 0.15) is 5.82 Å². The molecule has 1 saturated heterocycles. The van der Waals surface area contributed by atoms with Crippen molar-refractivity contribution >= 4 is 5.91 Å². The lowest BCUT2D eigenvalue weighted by atomic mass is 9.96. The third-order valence-electron chi connectivity index (χ3n) is 6.93. The van der Waals surface area contributed by atoms with Crippen molar-refractivity contribution in [1.82, 2.24) is 20.1 Å². The molecular formula is C28H33FN4O. The molecule has 5 nitrogen and oxygen atoms in total. The molecule has 2 aromatic carbocycles. The Hall–Kier alpha value is -3.09. The highest BCUT2D eigenvalue weighted by Gasteiger charge is 2.23. The number of amides is 1. The normalized spacial score (nSPS) is 17.3. The molecule has 1 aromatic heterocycles. The molecule has 3 heterocycles. The van der Waals surface area contributed by atoms with Crippen LogP contribution in [-0.4, -0.2) is 46.4 Å². The van der Waals surface area contributed by atoms with Gasteiger partial charge in [-0.3, -0.25) is 19.6 Å². The molecule has 1 fully saturated rings. The number of carbonyl (C=O) groups is 1. The maximum Gasteiger partial charge on any atom is 0.251 e. The van der Waals surface area contributed by atoms with Gasteiger partial charge in [-0.25, -0.2) is 4.39 Å². The van der Waals surface area contributed by atoms with E-state index in [1.807, 2.05) is 30.5 Å². The number of nitrogens with zero attached hydrogens (tertiary/aromatic N) is 3. The summed E-state index contributed by atoms with van der Waals surface area (Å²) in [5, 5.41) is 3.26. The van der Waals surface area contributed by atoms with E-state index in [0.717, 1.165) is 69.7 Å². The van der Waals surface area contributed by atoms with Crippen LogP contribution in [0, 0.1) is 5.82 Å². The number of hydrogen-bond acceptors (Lipinski definition) is 4. The minimum Gasteiger partial charge on any atom is -0.349 e. The van der Waals surface area contributed by atoms with Crippen LogP contribution in [-0.2, 0) is 26.1 Å². The molecule has 178 valence electrons. The maximum absolute atomic E-state index is 13.2. The largest absolute Gasteiger partial charge is 0.349 e. The quantitative estimate of drug-likeness (QED) is 0.592. The van der Waals surface area contributed by atoms with Crippen molar-refractivity contribution in [2.75, 3.05) is 19.6 Å². The van der Waals surface area contributed by atoms with Crippen LogP contribution in [0.1, 0.15) is 46.9 Å². The summed E-state index contributed by atoms with van der Waals surface area (Å²) in [6, 6.07) is 17.1. The van der Waals surface area contributed by atoms with Crippen molar-refractivity contribution in [3.8, 4) is 0 Å². The molecule has 0 atom stereocenters. The van der Waals surface area contributed by atoms with Crippen LogP contribution in [0.4, 0.5) is 4.39 Å². The van der Waals surface area contributed by atoms with Gasteiger partial charge < -0.3 is 5.32 Å². The summed E-state index contributed by atoms with van der Waals surface area (Å²) in [4.78, 5) is 22.0. The Labute approximate surface area is 202 Å². The van der Waals surface area contributed by atoms with Gasteiger partial charge in [0.15, 0.2) is 0 Å². The van der Waals surface area contributed by atoms with Crippen LogP contribution in [0.15, 0.2) is 67.0 Å². The SMILES string of the molecule is O=C(NC1CCN(Cc2cccnc2)CC1)c1ccc2c(c1)CN(Cc1ccc(F)cc1)CC2.[HH]. The van der Waals surface area contributed by atoms with Crippen LogP contribution >= 0.6 is 0 Å². The second-order valence-corrected chi connectivity index (χ2v) is 9.46. The van der Waals surface area contributed by atoms with Crippen molar-refractivity contribution in [2.45, 2.75) is 44.9 Å². The Bertz CT molecular complexity index is 1120. The van der Waals surface area contributed by atoms with Crippen LogP contribution in [0.25, 0.3) is 0 Å². The summed E-state index contributed by atoms with van der Waals surface area (Å²) in [6.45, 7) is 5.42. The van der Waals surface area contributed by atoms with Gasteiger partial charge in [-0.1, -0.05) is 24.3 Å². The first-order valence-corrected chi connectivity index (χ1v) is 12.1. The highest BCUT2D eigenvalue weighted by molar-refractivity contribution is 5.94. The van der Waals surface area contributed by atoms with Crippen molar-refractivity contribution < 1.29 is 10.6 Å². The van der Waals surface area contributed by atoms with E-state index in [4.69, 9.17) is 0 Å². The molecule has 34 heavy (non-hydrogen) atoms. The Morgan fingerprint density at radius 3 is 2.53 bits per heavy atom. The fourth-order valence-corrected chi connectivity index (χ4v) is 4.99. The van der Waals surface area contributed by atoms with Crippen LogP contribution in [0.5, 0.6) is 0 Å². The van der Waals surface area contributed by atoms with Gasteiger partial charge in [-0.05, 0) is 71.8 Å². The number of carbonyl (C=O) groups excluding carboxylic acids is 1. The Morgan fingerprint density at radius 1 is 0.971 bits per heavy atom. The second-order valence-electron chi connectivity index (χ2n) is 9.46. The van der Waals surface area contributed by atoms with E-state index >= 15 is 0 Å². The van der Waals surface area contributed by atoms with Crippen molar-refractivity contribution in [3.05, 3.63) is 101 Å². The Balaban J connectivity index is 0.00000289. The average molecular weight is 461 g/mol. The zero-order valence-corrected chi connectivity index (χ0v) is 19.4. The minimum absolute atomic E-state index is 0. The molecule has 5 rings (SSSR count). The van der Waals surface area contributed by atoms with E-state index < -0.39 is 0 Å². The van der Waals surface area contributed by atoms with E-state index in [9.17, 15) is 9.18 Å². The minimum atomic E-state index is -0.206. The molecule has 0 unspecified atom stereocenters. The van der Waals surface area contributed by atoms with Gasteiger partial charge in [0, 0.05) is 64.7 Å². The van der Waals surface area contributed by atoms with E-state index in [0.29, 0.717) is 0 Å². The number of hydrogen-bond donors (Lipinski definition) is 1. The van der Waals surface area contributed by atoms with Crippen LogP contribution in [0.3, 0.4) is 0 Å². The van der Waals surface area contributed by atoms with Gasteiger partial charge in [-0.15, -0.1) is 0 Å². The van der Waals surface area contributed by atoms with Crippen LogP contribution < -0.4 is 5.32 Å². The molecule has 0 aliphatic carbocycles. The molecule has 6 heteroatoms. The standard InChI is InChI=1S/C28H31FN4O.H2/c29-26-7-3-21(4-8-26)18-33-13-9-23-5-6-24(16-25(23)20-33)28(34)31-27-10-14-32(15-11-27)19-22-2-1-12-30-17-22;/h1-8,12,16-17,27H,9-11,13-15,18-20H2,(H,31,34);1H. The first-order chi connectivity index (χ1) is 16.6. The number of nitrogens with one attached hydrogen (secondary N) is 1. The second kappa shape index (κ2) is 10.5. The predicted octanol–water partition coefficient (Wildman–Crippen LogP) is 4.42. The van der Waals surface area contributed by atoms with Crippen molar-refractivity contribution in [2.24, 2.45) is 0 Å². The fourth-order valence-electron chi connectivity index (χ4n) is 4.99. The summed E-state index contributed by atoms with van der Waals surface area (Å²) in [5.74, 6) is -0.188. The summed E-state index contributed by atoms with van der Waals surface area (Å²) in [6.07, 6.45) is 6.61. The number of piperidine rings is 1. The van der Waals surface area contributed by atoms with Gasteiger partial charge >= 0.3 is 0 Å². The smallest absolute Gasteiger partial charge is 0.251 e. The number of likely N-dealkylation sites (tertiary alicyclic amines) is 1. The maximum atomic E-state index is 13.2. The highest BCUT2D eigenvalue weighted by atomic mass is 19.1. The third kappa shape index (κ3) is 5.69. The lowest BCUT2D eigenvalue weighted by Crippen LogP contribution is -2.44. The molecule has 2 aliphatic heterocycles. The van der Waals surface area contributed by atoms with Crippen molar-refractivity contribution in [3.63, 3.8) is 0 Å². The molecule has 2 aliphatic rings. The number of rotatable bonds is 6. The van der Waals surface area contributed by atoms with Crippen LogP contribution in [0.2, 0.25) is 0 Å². The zero-order valence-electron chi connectivity index (χ0n) is 19.4. The molecule has 1 amide bonds. The monoisotopic (exact) mass is 460 g/mol. The van der Waals surface area contributed by atoms with Gasteiger partial charge in [0.05, 0.1) is 0 Å². The van der Waals surface area contributed by atoms with E-state index in [1.165, 1.54) is 28.8 Å². The number of aromatic nitrogens is 1. The average Bonchev–Trinajstić information content (AvgIpc) is 2.87. The van der Waals surface area contributed by atoms with Gasteiger partial charge in [-0.2, -0.15) is 0 Å². The first-order valence-electron chi connectivity index (χ1n) is 12.1. The van der Waals surface area contributed by atoms with Gasteiger partial charge in [0.25, 0.3) is 5.91 Å². The van der Waals surface area contributed by atoms with E-state index in [2.05, 4.69) is 38.3 Å². The Kier molecular flexibility index (Phi) is 6.97. The molecule has 0 spiro atoms. The number of fused-ring (bicyclic) bond motifs is 1. The first kappa shape index (κ1) is 22.7. The zero-order chi connectivity index (χ0) is 23.3. The van der Waals surface area contributed by atoms with Gasteiger partial charge in [0.2, 0.25) is 0 Å². The molecular weight excluding hydrogens is 427 g/mol. The molecule has 0 saturated carbocycles. The van der Waals surface area contributed by atoms with E-state index in [1.54, 1.807) is 6.20 Å². The summed E-state index contributed by atoms with van der Waals surface area (Å²) in [5.41, 5.74) is 5.60. The van der Waals surface area contributed by atoms with E-state index in [-0.39, 0.29) is 19.2 Å². The Morgan fingerprint density at radius 2 is 1.76 bits per heavy atom. The summed E-state index contributed by atoms with van der Waals surface area (Å²) in [7, 11) is 0. The summed E-state index contributed by atoms with van der Waals surface area (Å²) >= 11 is 0. The molecule has 1 N–H and O–H groups in total. The topological polar surface area (TPSA) is 48.5 Å². The fraction of sp³-hybridized carbons (Fsp3) is 0.357. The molecule has 0 radical (unpaired) electrons. The lowest BCUT2D eigenvalue weighted by Gasteiger charge is -2.32. The number of halogens is 1.